The molecule has 1 heterocycles. The highest BCUT2D eigenvalue weighted by Gasteiger charge is 2.18. The molecule has 6 nitrogen and oxygen atoms in total. The third kappa shape index (κ3) is 2.31. The van der Waals surface area contributed by atoms with E-state index in [-0.39, 0.29) is 5.69 Å². The molecule has 0 N–H and O–H groups in total. The summed E-state index contributed by atoms with van der Waals surface area (Å²) in [4.78, 5) is 34.5. The fourth-order valence-electron chi connectivity index (χ4n) is 2.22. The minimum atomic E-state index is -0.531. The SMILES string of the molecule is Cc1cccc(C(=O)n2c(=O)sc3cc([N+](=O)[O-])ccc32)c1. The second-order valence-corrected chi connectivity index (χ2v) is 5.78. The number of aromatic nitrogens is 1. The van der Waals surface area contributed by atoms with Crippen molar-refractivity contribution >= 4 is 33.1 Å². The van der Waals surface area contributed by atoms with E-state index in [1.54, 1.807) is 18.2 Å². The van der Waals surface area contributed by atoms with Crippen LogP contribution in [0.4, 0.5) is 5.69 Å². The van der Waals surface area contributed by atoms with E-state index in [0.29, 0.717) is 15.8 Å². The average Bonchev–Trinajstić information content (AvgIpc) is 2.81. The Bertz CT molecular complexity index is 971. The fourth-order valence-corrected chi connectivity index (χ4v) is 3.12. The Hall–Kier alpha value is -2.80. The third-order valence-corrected chi connectivity index (χ3v) is 4.15. The lowest BCUT2D eigenvalue weighted by molar-refractivity contribution is -0.384. The number of carbonyl (C=O) groups is 1. The highest BCUT2D eigenvalue weighted by Crippen LogP contribution is 2.23. The maximum absolute atomic E-state index is 12.5. The van der Waals surface area contributed by atoms with Crippen molar-refractivity contribution in [3.05, 3.63) is 73.4 Å². The van der Waals surface area contributed by atoms with Crippen LogP contribution in [0.5, 0.6) is 0 Å². The number of nitro benzene ring substituents is 1. The Labute approximate surface area is 128 Å². The molecule has 0 saturated heterocycles. The molecular weight excluding hydrogens is 304 g/mol. The van der Waals surface area contributed by atoms with E-state index >= 15 is 0 Å². The summed E-state index contributed by atoms with van der Waals surface area (Å²) in [7, 11) is 0. The van der Waals surface area contributed by atoms with Crippen molar-refractivity contribution in [1.82, 2.24) is 4.57 Å². The molecule has 2 aromatic carbocycles. The first-order chi connectivity index (χ1) is 10.5. The molecule has 0 spiro atoms. The number of fused-ring (bicyclic) bond motifs is 1. The van der Waals surface area contributed by atoms with Gasteiger partial charge in [0, 0.05) is 17.7 Å². The molecule has 0 bridgehead atoms. The van der Waals surface area contributed by atoms with Gasteiger partial charge in [-0.2, -0.15) is 0 Å². The lowest BCUT2D eigenvalue weighted by Gasteiger charge is -2.03. The third-order valence-electron chi connectivity index (χ3n) is 3.24. The van der Waals surface area contributed by atoms with Gasteiger partial charge in [-0.3, -0.25) is 19.7 Å². The summed E-state index contributed by atoms with van der Waals surface area (Å²) in [6.07, 6.45) is 0. The van der Waals surface area contributed by atoms with E-state index in [2.05, 4.69) is 0 Å². The second kappa shape index (κ2) is 5.19. The Kier molecular flexibility index (Phi) is 3.34. The van der Waals surface area contributed by atoms with Crippen molar-refractivity contribution in [1.29, 1.82) is 0 Å². The first-order valence-corrected chi connectivity index (χ1v) is 7.20. The molecule has 1 aromatic heterocycles. The Balaban J connectivity index is 2.19. The normalized spacial score (nSPS) is 10.8. The van der Waals surface area contributed by atoms with Gasteiger partial charge < -0.3 is 0 Å². The van der Waals surface area contributed by atoms with E-state index in [9.17, 15) is 19.7 Å². The molecule has 7 heteroatoms. The van der Waals surface area contributed by atoms with Crippen molar-refractivity contribution in [3.8, 4) is 0 Å². The van der Waals surface area contributed by atoms with E-state index in [4.69, 9.17) is 0 Å². The number of non-ortho nitro benzene ring substituents is 1. The molecule has 0 aliphatic carbocycles. The van der Waals surface area contributed by atoms with Gasteiger partial charge in [-0.15, -0.1) is 0 Å². The van der Waals surface area contributed by atoms with Gasteiger partial charge in [-0.05, 0) is 25.1 Å². The van der Waals surface area contributed by atoms with Crippen LogP contribution in [0.2, 0.25) is 0 Å². The zero-order chi connectivity index (χ0) is 15.9. The lowest BCUT2D eigenvalue weighted by Crippen LogP contribution is -2.22. The molecule has 0 aliphatic heterocycles. The standard InChI is InChI=1S/C15H10N2O4S/c1-9-3-2-4-10(7-9)14(18)16-12-6-5-11(17(20)21)8-13(12)22-15(16)19/h2-8H,1H3. The van der Waals surface area contributed by atoms with Gasteiger partial charge in [0.1, 0.15) is 0 Å². The van der Waals surface area contributed by atoms with E-state index in [0.717, 1.165) is 21.5 Å². The van der Waals surface area contributed by atoms with Crippen LogP contribution in [-0.2, 0) is 0 Å². The lowest BCUT2D eigenvalue weighted by atomic mass is 10.1. The van der Waals surface area contributed by atoms with Crippen LogP contribution < -0.4 is 4.87 Å². The largest absolute Gasteiger partial charge is 0.315 e. The van der Waals surface area contributed by atoms with Gasteiger partial charge in [-0.25, -0.2) is 4.57 Å². The minimum Gasteiger partial charge on any atom is -0.268 e. The number of rotatable bonds is 2. The molecule has 0 amide bonds. The van der Waals surface area contributed by atoms with Gasteiger partial charge in [0.15, 0.2) is 0 Å². The van der Waals surface area contributed by atoms with Crippen LogP contribution in [-0.4, -0.2) is 15.4 Å². The highest BCUT2D eigenvalue weighted by atomic mass is 32.1. The van der Waals surface area contributed by atoms with Crippen molar-refractivity contribution in [2.45, 2.75) is 6.92 Å². The van der Waals surface area contributed by atoms with Crippen molar-refractivity contribution in [2.75, 3.05) is 0 Å². The predicted molar refractivity (Wildman–Crippen MR) is 83.6 cm³/mol. The summed E-state index contributed by atoms with van der Waals surface area (Å²) < 4.78 is 1.47. The van der Waals surface area contributed by atoms with Gasteiger partial charge in [-0.1, -0.05) is 29.0 Å². The van der Waals surface area contributed by atoms with Gasteiger partial charge in [0.05, 0.1) is 15.1 Å². The molecule has 0 fully saturated rings. The Morgan fingerprint density at radius 2 is 2.00 bits per heavy atom. The molecule has 22 heavy (non-hydrogen) atoms. The molecule has 0 radical (unpaired) electrons. The predicted octanol–water partition coefficient (Wildman–Crippen LogP) is 2.97. The quantitative estimate of drug-likeness (QED) is 0.538. The van der Waals surface area contributed by atoms with Crippen LogP contribution in [0.1, 0.15) is 15.9 Å². The highest BCUT2D eigenvalue weighted by molar-refractivity contribution is 7.16. The monoisotopic (exact) mass is 314 g/mol. The minimum absolute atomic E-state index is 0.107. The van der Waals surface area contributed by atoms with Crippen LogP contribution in [0.25, 0.3) is 10.2 Å². The number of thiazole rings is 1. The molecule has 0 unspecified atom stereocenters. The molecule has 3 rings (SSSR count). The molecular formula is C15H10N2O4S. The maximum atomic E-state index is 12.5. The molecule has 3 aromatic rings. The fraction of sp³-hybridized carbons (Fsp3) is 0.0667. The van der Waals surface area contributed by atoms with Gasteiger partial charge >= 0.3 is 4.87 Å². The van der Waals surface area contributed by atoms with Crippen molar-refractivity contribution in [2.24, 2.45) is 0 Å². The average molecular weight is 314 g/mol. The van der Waals surface area contributed by atoms with E-state index in [1.165, 1.54) is 18.2 Å². The van der Waals surface area contributed by atoms with Crippen LogP contribution in [0, 0.1) is 17.0 Å². The molecule has 110 valence electrons. The van der Waals surface area contributed by atoms with Crippen molar-refractivity contribution in [3.63, 3.8) is 0 Å². The number of aryl methyl sites for hydroxylation is 1. The number of nitrogens with zero attached hydrogens (tertiary/aromatic N) is 2. The van der Waals surface area contributed by atoms with Crippen molar-refractivity contribution < 1.29 is 9.72 Å². The smallest absolute Gasteiger partial charge is 0.268 e. The molecule has 0 atom stereocenters. The summed E-state index contributed by atoms with van der Waals surface area (Å²) in [6.45, 7) is 1.86. The molecule has 0 aliphatic rings. The summed E-state index contributed by atoms with van der Waals surface area (Å²) in [5.74, 6) is -0.436. The van der Waals surface area contributed by atoms with Crippen LogP contribution in [0.15, 0.2) is 47.3 Å². The zero-order valence-electron chi connectivity index (χ0n) is 11.5. The van der Waals surface area contributed by atoms with Gasteiger partial charge in [0.2, 0.25) is 0 Å². The first kappa shape index (κ1) is 14.2. The molecule has 0 saturated carbocycles. The van der Waals surface area contributed by atoms with E-state index in [1.807, 2.05) is 13.0 Å². The number of benzene rings is 2. The first-order valence-electron chi connectivity index (χ1n) is 6.39. The number of hydrogen-bond donors (Lipinski definition) is 0. The number of nitro groups is 1. The summed E-state index contributed by atoms with van der Waals surface area (Å²) in [6, 6.07) is 11.0. The second-order valence-electron chi connectivity index (χ2n) is 4.79. The topological polar surface area (TPSA) is 82.2 Å². The Morgan fingerprint density at radius 3 is 2.68 bits per heavy atom. The van der Waals surface area contributed by atoms with Crippen LogP contribution in [0.3, 0.4) is 0 Å². The summed E-state index contributed by atoms with van der Waals surface area (Å²) in [5.41, 5.74) is 1.59. The summed E-state index contributed by atoms with van der Waals surface area (Å²) in [5, 5.41) is 10.8. The zero-order valence-corrected chi connectivity index (χ0v) is 12.3. The summed E-state index contributed by atoms with van der Waals surface area (Å²) >= 11 is 0.820. The maximum Gasteiger partial charge on any atom is 0.315 e. The van der Waals surface area contributed by atoms with Gasteiger partial charge in [0.25, 0.3) is 11.6 Å². The van der Waals surface area contributed by atoms with Crippen LogP contribution >= 0.6 is 11.3 Å². The number of carbonyl (C=O) groups excluding carboxylic acids is 1. The Morgan fingerprint density at radius 1 is 1.23 bits per heavy atom. The number of hydrogen-bond acceptors (Lipinski definition) is 5. The van der Waals surface area contributed by atoms with E-state index < -0.39 is 15.7 Å².